The zero-order valence-corrected chi connectivity index (χ0v) is 18.2. The van der Waals surface area contributed by atoms with E-state index in [9.17, 15) is 14.4 Å². The number of aromatic amines is 1. The summed E-state index contributed by atoms with van der Waals surface area (Å²) < 4.78 is 6.94. The number of rotatable bonds is 7. The molecule has 0 saturated carbocycles. The summed E-state index contributed by atoms with van der Waals surface area (Å²) in [4.78, 5) is 41.5. The number of amides is 1. The Balaban J connectivity index is 1.59. The molecule has 4 aromatic rings. The van der Waals surface area contributed by atoms with Crippen molar-refractivity contribution in [1.29, 1.82) is 0 Å². The normalized spacial score (nSPS) is 10.8. The molecule has 3 aromatic carbocycles. The summed E-state index contributed by atoms with van der Waals surface area (Å²) in [5.41, 5.74) is 5.63. The summed E-state index contributed by atoms with van der Waals surface area (Å²) >= 11 is 0. The molecule has 3 N–H and O–H groups in total. The summed E-state index contributed by atoms with van der Waals surface area (Å²) in [6.07, 6.45) is 0. The van der Waals surface area contributed by atoms with Gasteiger partial charge < -0.3 is 15.4 Å². The van der Waals surface area contributed by atoms with Crippen LogP contribution in [0.3, 0.4) is 0 Å². The highest BCUT2D eigenvalue weighted by atomic mass is 16.5. The van der Waals surface area contributed by atoms with Crippen molar-refractivity contribution in [2.45, 2.75) is 13.5 Å². The number of ether oxygens (including phenoxy) is 1. The Morgan fingerprint density at radius 2 is 1.70 bits per heavy atom. The number of fused-ring (bicyclic) bond motifs is 1. The van der Waals surface area contributed by atoms with Gasteiger partial charge in [-0.25, -0.2) is 4.79 Å². The molecule has 8 heteroatoms. The van der Waals surface area contributed by atoms with Crippen LogP contribution in [-0.2, 0) is 11.3 Å². The summed E-state index contributed by atoms with van der Waals surface area (Å²) in [5, 5.41) is 2.05. The van der Waals surface area contributed by atoms with E-state index in [1.54, 1.807) is 13.0 Å². The first kappa shape index (κ1) is 21.9. The van der Waals surface area contributed by atoms with Crippen LogP contribution in [0.2, 0.25) is 0 Å². The first-order valence-electron chi connectivity index (χ1n) is 10.6. The molecular formula is C25H24N4O4. The van der Waals surface area contributed by atoms with Crippen molar-refractivity contribution in [3.63, 3.8) is 0 Å². The topological polar surface area (TPSA) is 110 Å². The van der Waals surface area contributed by atoms with Crippen molar-refractivity contribution in [3.8, 4) is 5.75 Å². The number of H-pyrrole nitrogens is 1. The number of nitrogens with one attached hydrogen (secondary N) is 1. The molecule has 0 aliphatic rings. The SMILES string of the molecule is CCN(C(=O)COc1ccc2ccccc2c1)c1c(N)n(Cc2ccccc2)c(=O)[nH]c1=O. The molecule has 0 fully saturated rings. The van der Waals surface area contributed by atoms with Crippen molar-refractivity contribution < 1.29 is 9.53 Å². The number of nitrogens with zero attached hydrogens (tertiary/aromatic N) is 2. The number of likely N-dealkylation sites (N-methyl/N-ethyl adjacent to an activating group) is 1. The maximum Gasteiger partial charge on any atom is 0.330 e. The first-order chi connectivity index (χ1) is 16.0. The monoisotopic (exact) mass is 444 g/mol. The van der Waals surface area contributed by atoms with Gasteiger partial charge in [0.25, 0.3) is 11.5 Å². The summed E-state index contributed by atoms with van der Waals surface area (Å²) in [6, 6.07) is 22.6. The van der Waals surface area contributed by atoms with Crippen LogP contribution in [0.5, 0.6) is 5.75 Å². The Hall–Kier alpha value is -4.33. The highest BCUT2D eigenvalue weighted by molar-refractivity contribution is 5.96. The van der Waals surface area contributed by atoms with Crippen LogP contribution < -0.4 is 26.6 Å². The quantitative estimate of drug-likeness (QED) is 0.455. The molecule has 0 aliphatic carbocycles. The van der Waals surface area contributed by atoms with Gasteiger partial charge in [-0.05, 0) is 35.4 Å². The maximum atomic E-state index is 13.0. The van der Waals surface area contributed by atoms with Gasteiger partial charge in [-0.15, -0.1) is 0 Å². The van der Waals surface area contributed by atoms with Gasteiger partial charge in [0.15, 0.2) is 12.3 Å². The summed E-state index contributed by atoms with van der Waals surface area (Å²) in [7, 11) is 0. The van der Waals surface area contributed by atoms with Crippen LogP contribution in [0, 0.1) is 0 Å². The molecule has 0 unspecified atom stereocenters. The maximum absolute atomic E-state index is 13.0. The fourth-order valence-corrected chi connectivity index (χ4v) is 3.70. The Bertz CT molecular complexity index is 1410. The molecule has 0 aliphatic heterocycles. The second kappa shape index (κ2) is 9.44. The molecule has 0 radical (unpaired) electrons. The van der Waals surface area contributed by atoms with Gasteiger partial charge in [0.1, 0.15) is 11.6 Å². The largest absolute Gasteiger partial charge is 0.484 e. The van der Waals surface area contributed by atoms with Gasteiger partial charge in [-0.1, -0.05) is 60.7 Å². The van der Waals surface area contributed by atoms with E-state index in [0.717, 1.165) is 16.3 Å². The number of anilines is 2. The van der Waals surface area contributed by atoms with Crippen LogP contribution >= 0.6 is 0 Å². The van der Waals surface area contributed by atoms with E-state index in [0.29, 0.717) is 5.75 Å². The predicted octanol–water partition coefficient (Wildman–Crippen LogP) is 2.75. The number of hydrogen-bond acceptors (Lipinski definition) is 5. The number of hydrogen-bond donors (Lipinski definition) is 2. The minimum absolute atomic E-state index is 0.0693. The smallest absolute Gasteiger partial charge is 0.330 e. The molecule has 0 atom stereocenters. The molecule has 168 valence electrons. The predicted molar refractivity (Wildman–Crippen MR) is 129 cm³/mol. The fraction of sp³-hybridized carbons (Fsp3) is 0.160. The molecule has 0 spiro atoms. The van der Waals surface area contributed by atoms with Crippen LogP contribution in [0.25, 0.3) is 10.8 Å². The van der Waals surface area contributed by atoms with Crippen molar-refractivity contribution in [1.82, 2.24) is 9.55 Å². The van der Waals surface area contributed by atoms with E-state index < -0.39 is 17.2 Å². The lowest BCUT2D eigenvalue weighted by Gasteiger charge is -2.23. The zero-order chi connectivity index (χ0) is 23.4. The van der Waals surface area contributed by atoms with Crippen LogP contribution in [0.4, 0.5) is 11.5 Å². The number of nitrogens with two attached hydrogens (primary N) is 1. The highest BCUT2D eigenvalue weighted by Crippen LogP contribution is 2.22. The molecule has 1 amide bonds. The van der Waals surface area contributed by atoms with Gasteiger partial charge in [0.2, 0.25) is 0 Å². The second-order valence-corrected chi connectivity index (χ2v) is 7.50. The number of carbonyl (C=O) groups is 1. The Labute approximate surface area is 189 Å². The molecule has 33 heavy (non-hydrogen) atoms. The third kappa shape index (κ3) is 4.64. The van der Waals surface area contributed by atoms with E-state index in [1.807, 2.05) is 66.7 Å². The van der Waals surface area contributed by atoms with E-state index >= 15 is 0 Å². The second-order valence-electron chi connectivity index (χ2n) is 7.50. The van der Waals surface area contributed by atoms with Gasteiger partial charge in [-0.3, -0.25) is 19.1 Å². The average Bonchev–Trinajstić information content (AvgIpc) is 2.83. The first-order valence-corrected chi connectivity index (χ1v) is 10.6. The highest BCUT2D eigenvalue weighted by Gasteiger charge is 2.23. The average molecular weight is 444 g/mol. The number of carbonyl (C=O) groups excluding carboxylic acids is 1. The Morgan fingerprint density at radius 1 is 1.00 bits per heavy atom. The third-order valence-corrected chi connectivity index (χ3v) is 5.37. The van der Waals surface area contributed by atoms with Crippen molar-refractivity contribution in [2.75, 3.05) is 23.8 Å². The van der Waals surface area contributed by atoms with E-state index in [2.05, 4.69) is 4.98 Å². The lowest BCUT2D eigenvalue weighted by molar-refractivity contribution is -0.120. The Morgan fingerprint density at radius 3 is 2.42 bits per heavy atom. The molecule has 0 bridgehead atoms. The molecule has 8 nitrogen and oxygen atoms in total. The number of nitrogen functional groups attached to an aromatic ring is 1. The molecule has 1 aromatic heterocycles. The summed E-state index contributed by atoms with van der Waals surface area (Å²) in [6.45, 7) is 1.77. The molecule has 4 rings (SSSR count). The lowest BCUT2D eigenvalue weighted by atomic mass is 10.1. The standard InChI is InChI=1S/C25H24N4O4/c1-2-28(21(30)16-33-20-13-12-18-10-6-7-11-19(18)14-20)22-23(26)29(25(32)27-24(22)31)15-17-8-4-3-5-9-17/h3-14H,2,15-16,26H2,1H3,(H,27,31,32). The lowest BCUT2D eigenvalue weighted by Crippen LogP contribution is -2.42. The fourth-order valence-electron chi connectivity index (χ4n) is 3.70. The van der Waals surface area contributed by atoms with Crippen LogP contribution in [0.1, 0.15) is 12.5 Å². The molecule has 1 heterocycles. The van der Waals surface area contributed by atoms with Crippen molar-refractivity contribution >= 4 is 28.2 Å². The minimum atomic E-state index is -0.720. The summed E-state index contributed by atoms with van der Waals surface area (Å²) in [5.74, 6) is 0.00955. The van der Waals surface area contributed by atoms with E-state index in [4.69, 9.17) is 10.5 Å². The molecular weight excluding hydrogens is 420 g/mol. The van der Waals surface area contributed by atoms with Crippen LogP contribution in [-0.4, -0.2) is 28.6 Å². The molecule has 0 saturated heterocycles. The van der Waals surface area contributed by atoms with Crippen molar-refractivity contribution in [2.24, 2.45) is 0 Å². The van der Waals surface area contributed by atoms with Gasteiger partial charge in [0, 0.05) is 6.54 Å². The van der Waals surface area contributed by atoms with Crippen LogP contribution in [0.15, 0.2) is 82.4 Å². The van der Waals surface area contributed by atoms with E-state index in [1.165, 1.54) is 9.47 Å². The number of benzene rings is 3. The number of aromatic nitrogens is 2. The Kier molecular flexibility index (Phi) is 6.26. The van der Waals surface area contributed by atoms with Gasteiger partial charge in [-0.2, -0.15) is 0 Å². The minimum Gasteiger partial charge on any atom is -0.484 e. The van der Waals surface area contributed by atoms with Gasteiger partial charge in [0.05, 0.1) is 6.54 Å². The van der Waals surface area contributed by atoms with Crippen molar-refractivity contribution in [3.05, 3.63) is 99.2 Å². The third-order valence-electron chi connectivity index (χ3n) is 5.37. The van der Waals surface area contributed by atoms with Gasteiger partial charge >= 0.3 is 5.69 Å². The zero-order valence-electron chi connectivity index (χ0n) is 18.2. The van der Waals surface area contributed by atoms with E-state index in [-0.39, 0.29) is 31.2 Å².